The molecule has 4 heteroatoms. The zero-order chi connectivity index (χ0) is 16.8. The molecule has 0 spiro atoms. The highest BCUT2D eigenvalue weighted by atomic mass is 19.1. The maximum Gasteiger partial charge on any atom is 0.193 e. The molecule has 3 nitrogen and oxygen atoms in total. The Morgan fingerprint density at radius 1 is 1.21 bits per heavy atom. The van der Waals surface area contributed by atoms with Gasteiger partial charge in [0.05, 0.1) is 0 Å². The van der Waals surface area contributed by atoms with Gasteiger partial charge in [0.2, 0.25) is 0 Å². The average molecular weight is 325 g/mol. The van der Waals surface area contributed by atoms with Crippen LogP contribution in [0.25, 0.3) is 0 Å². The van der Waals surface area contributed by atoms with Gasteiger partial charge in [-0.25, -0.2) is 4.39 Å². The summed E-state index contributed by atoms with van der Waals surface area (Å²) >= 11 is 0. The third kappa shape index (κ3) is 4.13. The van der Waals surface area contributed by atoms with Crippen LogP contribution in [0.4, 0.5) is 4.39 Å². The van der Waals surface area contributed by atoms with E-state index in [1.165, 1.54) is 11.6 Å². The van der Waals surface area contributed by atoms with Crippen molar-refractivity contribution in [1.82, 2.24) is 10.2 Å². The zero-order valence-electron chi connectivity index (χ0n) is 14.1. The Bertz CT molecular complexity index is 684. The molecule has 1 aliphatic heterocycles. The van der Waals surface area contributed by atoms with Crippen LogP contribution in [0.3, 0.4) is 0 Å². The van der Waals surface area contributed by atoms with Gasteiger partial charge >= 0.3 is 0 Å². The molecule has 2 aromatic rings. The maximum atomic E-state index is 13.2. The highest BCUT2D eigenvalue weighted by molar-refractivity contribution is 5.80. The molecule has 1 aliphatic rings. The van der Waals surface area contributed by atoms with Crippen LogP contribution < -0.4 is 5.32 Å². The fraction of sp³-hybridized carbons (Fsp3) is 0.350. The van der Waals surface area contributed by atoms with E-state index >= 15 is 0 Å². The monoisotopic (exact) mass is 325 g/mol. The fourth-order valence-electron chi connectivity index (χ4n) is 3.29. The van der Waals surface area contributed by atoms with Gasteiger partial charge in [-0.2, -0.15) is 0 Å². The van der Waals surface area contributed by atoms with Gasteiger partial charge in [-0.15, -0.1) is 0 Å². The van der Waals surface area contributed by atoms with Gasteiger partial charge in [0.25, 0.3) is 0 Å². The van der Waals surface area contributed by atoms with Crippen LogP contribution in [0.1, 0.15) is 23.5 Å². The minimum atomic E-state index is -0.179. The molecular weight excluding hydrogens is 301 g/mol. The van der Waals surface area contributed by atoms with Gasteiger partial charge in [-0.05, 0) is 36.1 Å². The molecule has 1 heterocycles. The second-order valence-corrected chi connectivity index (χ2v) is 6.20. The Kier molecular flexibility index (Phi) is 5.47. The number of rotatable bonds is 4. The number of hydrogen-bond donors (Lipinski definition) is 1. The molecule has 0 saturated carbocycles. The topological polar surface area (TPSA) is 27.6 Å². The van der Waals surface area contributed by atoms with Crippen molar-refractivity contribution in [2.75, 3.05) is 26.7 Å². The first-order chi connectivity index (χ1) is 11.8. The number of nitrogens with zero attached hydrogens (tertiary/aromatic N) is 2. The van der Waals surface area contributed by atoms with Crippen molar-refractivity contribution in [3.05, 3.63) is 71.5 Å². The third-order valence-electron chi connectivity index (χ3n) is 4.56. The second kappa shape index (κ2) is 7.95. The molecule has 1 saturated heterocycles. The molecule has 1 N–H and O–H groups in total. The molecule has 0 bridgehead atoms. The third-order valence-corrected chi connectivity index (χ3v) is 4.56. The normalized spacial score (nSPS) is 18.0. The Hall–Kier alpha value is -2.36. The molecule has 24 heavy (non-hydrogen) atoms. The minimum absolute atomic E-state index is 0.179. The first kappa shape index (κ1) is 16.5. The largest absolute Gasteiger partial charge is 0.356 e. The Labute approximate surface area is 143 Å². The lowest BCUT2D eigenvalue weighted by molar-refractivity contribution is 0.486. The highest BCUT2D eigenvalue weighted by Gasteiger charge is 2.25. The molecule has 1 unspecified atom stereocenters. The molecule has 0 radical (unpaired) electrons. The van der Waals surface area contributed by atoms with Crippen LogP contribution in [0.2, 0.25) is 0 Å². The second-order valence-electron chi connectivity index (χ2n) is 6.20. The predicted molar refractivity (Wildman–Crippen MR) is 96.8 cm³/mol. The number of guanidine groups is 1. The summed E-state index contributed by atoms with van der Waals surface area (Å²) < 4.78 is 13.2. The van der Waals surface area contributed by atoms with Gasteiger partial charge in [-0.1, -0.05) is 42.5 Å². The van der Waals surface area contributed by atoms with E-state index in [0.29, 0.717) is 5.92 Å². The number of hydrogen-bond acceptors (Lipinski definition) is 1. The van der Waals surface area contributed by atoms with Crippen molar-refractivity contribution in [2.24, 2.45) is 4.99 Å². The van der Waals surface area contributed by atoms with E-state index < -0.39 is 0 Å². The Morgan fingerprint density at radius 2 is 2.04 bits per heavy atom. The molecule has 0 aromatic heterocycles. The molecule has 2 aromatic carbocycles. The smallest absolute Gasteiger partial charge is 0.193 e. The quantitative estimate of drug-likeness (QED) is 0.689. The van der Waals surface area contributed by atoms with Crippen molar-refractivity contribution in [2.45, 2.75) is 18.8 Å². The van der Waals surface area contributed by atoms with E-state index in [0.717, 1.165) is 44.0 Å². The van der Waals surface area contributed by atoms with E-state index in [-0.39, 0.29) is 5.82 Å². The number of benzene rings is 2. The lowest BCUT2D eigenvalue weighted by Crippen LogP contribution is -2.40. The lowest BCUT2D eigenvalue weighted by atomic mass is 9.99. The van der Waals surface area contributed by atoms with E-state index in [1.54, 1.807) is 12.1 Å². The Morgan fingerprint density at radius 3 is 2.79 bits per heavy atom. The zero-order valence-corrected chi connectivity index (χ0v) is 14.1. The van der Waals surface area contributed by atoms with Gasteiger partial charge in [0.1, 0.15) is 5.82 Å². The molecule has 0 amide bonds. The summed E-state index contributed by atoms with van der Waals surface area (Å²) in [6.07, 6.45) is 1.93. The molecule has 1 fully saturated rings. The number of likely N-dealkylation sites (tertiary alicyclic amines) is 1. The van der Waals surface area contributed by atoms with E-state index in [9.17, 15) is 4.39 Å². The van der Waals surface area contributed by atoms with Crippen molar-refractivity contribution in [1.29, 1.82) is 0 Å². The number of nitrogens with one attached hydrogen (secondary N) is 1. The molecule has 1 atom stereocenters. The molecule has 3 rings (SSSR count). The van der Waals surface area contributed by atoms with Crippen LogP contribution in [0.15, 0.2) is 59.6 Å². The van der Waals surface area contributed by atoms with E-state index in [2.05, 4.69) is 45.5 Å². The van der Waals surface area contributed by atoms with Crippen molar-refractivity contribution in [3.8, 4) is 0 Å². The standard InChI is InChI=1S/C20H24FN3/c1-22-20(23-12-10-16-6-5-9-19(21)14-16)24-13-11-18(15-24)17-7-3-2-4-8-17/h2-9,14,18H,10-13,15H2,1H3,(H,22,23). The maximum absolute atomic E-state index is 13.2. The van der Waals surface area contributed by atoms with Gasteiger partial charge in [0.15, 0.2) is 5.96 Å². The fourth-order valence-corrected chi connectivity index (χ4v) is 3.29. The summed E-state index contributed by atoms with van der Waals surface area (Å²) in [5.41, 5.74) is 2.40. The van der Waals surface area contributed by atoms with E-state index in [4.69, 9.17) is 0 Å². The Balaban J connectivity index is 1.52. The summed E-state index contributed by atoms with van der Waals surface area (Å²) in [7, 11) is 1.82. The minimum Gasteiger partial charge on any atom is -0.356 e. The lowest BCUT2D eigenvalue weighted by Gasteiger charge is -2.22. The number of halogens is 1. The summed E-state index contributed by atoms with van der Waals surface area (Å²) in [4.78, 5) is 6.71. The molecule has 0 aliphatic carbocycles. The SMILES string of the molecule is CN=C(NCCc1cccc(F)c1)N1CCC(c2ccccc2)C1. The van der Waals surface area contributed by atoms with Crippen LogP contribution in [-0.4, -0.2) is 37.5 Å². The van der Waals surface area contributed by atoms with Gasteiger partial charge in [-0.3, -0.25) is 4.99 Å². The summed E-state index contributed by atoms with van der Waals surface area (Å²) in [5.74, 6) is 1.32. The predicted octanol–water partition coefficient (Wildman–Crippen LogP) is 3.43. The van der Waals surface area contributed by atoms with Gasteiger partial charge in [0, 0.05) is 32.6 Å². The first-order valence-electron chi connectivity index (χ1n) is 8.51. The van der Waals surface area contributed by atoms with Crippen LogP contribution in [-0.2, 0) is 6.42 Å². The van der Waals surface area contributed by atoms with Gasteiger partial charge < -0.3 is 10.2 Å². The summed E-state index contributed by atoms with van der Waals surface area (Å²) in [5, 5.41) is 3.40. The highest BCUT2D eigenvalue weighted by Crippen LogP contribution is 2.26. The first-order valence-corrected chi connectivity index (χ1v) is 8.51. The summed E-state index contributed by atoms with van der Waals surface area (Å²) in [6, 6.07) is 17.4. The van der Waals surface area contributed by atoms with Crippen LogP contribution >= 0.6 is 0 Å². The van der Waals surface area contributed by atoms with Crippen LogP contribution in [0.5, 0.6) is 0 Å². The van der Waals surface area contributed by atoms with E-state index in [1.807, 2.05) is 13.1 Å². The van der Waals surface area contributed by atoms with Crippen LogP contribution in [0, 0.1) is 5.82 Å². The van der Waals surface area contributed by atoms with Crippen molar-refractivity contribution in [3.63, 3.8) is 0 Å². The average Bonchev–Trinajstić information content (AvgIpc) is 3.09. The molecular formula is C20H24FN3. The van der Waals surface area contributed by atoms with Crippen molar-refractivity contribution < 1.29 is 4.39 Å². The number of aliphatic imine (C=N–C) groups is 1. The molecule has 126 valence electrons. The van der Waals surface area contributed by atoms with Crippen molar-refractivity contribution >= 4 is 5.96 Å². The summed E-state index contributed by atoms with van der Waals surface area (Å²) in [6.45, 7) is 2.76.